The highest BCUT2D eigenvalue weighted by Crippen LogP contribution is 2.31. The number of alkyl halides is 2. The number of fused-ring (bicyclic) bond motifs is 1. The van der Waals surface area contributed by atoms with Crippen molar-refractivity contribution in [1.82, 2.24) is 29.2 Å². The first-order valence-corrected chi connectivity index (χ1v) is 13.2. The number of imidazole rings is 1. The maximum absolute atomic E-state index is 14.3. The lowest BCUT2D eigenvalue weighted by Crippen LogP contribution is -2.44. The second-order valence-corrected chi connectivity index (χ2v) is 10.2. The standard InChI is InChI=1S/C27H29F3N6O2/c28-18-7-9-22-23(14-18)36(21-10-12-34(13-11-21)20-4-2-1-3-5-20)27(37)35(22)16-19-8-6-17(15-31-19)25-32-33-26(38-25)24(29)30/h6-9,14-15,20-21,24H,1-5,10-13,16H2. The van der Waals surface area contributed by atoms with Crippen LogP contribution in [0.25, 0.3) is 22.5 Å². The summed E-state index contributed by atoms with van der Waals surface area (Å²) in [6.07, 6.45) is 6.70. The van der Waals surface area contributed by atoms with Crippen LogP contribution < -0.4 is 5.69 Å². The predicted molar refractivity (Wildman–Crippen MR) is 134 cm³/mol. The number of hydrogen-bond acceptors (Lipinski definition) is 6. The monoisotopic (exact) mass is 526 g/mol. The van der Waals surface area contributed by atoms with Gasteiger partial charge in [-0.1, -0.05) is 19.3 Å². The molecule has 0 atom stereocenters. The zero-order valence-electron chi connectivity index (χ0n) is 20.9. The van der Waals surface area contributed by atoms with E-state index in [1.54, 1.807) is 27.3 Å². The summed E-state index contributed by atoms with van der Waals surface area (Å²) in [5.74, 6) is -1.18. The highest BCUT2D eigenvalue weighted by atomic mass is 19.3. The van der Waals surface area contributed by atoms with Gasteiger partial charge < -0.3 is 9.32 Å². The van der Waals surface area contributed by atoms with Crippen molar-refractivity contribution >= 4 is 11.0 Å². The van der Waals surface area contributed by atoms with Gasteiger partial charge in [0.25, 0.3) is 5.89 Å². The molecule has 3 aromatic heterocycles. The molecule has 1 aliphatic heterocycles. The van der Waals surface area contributed by atoms with E-state index in [0.717, 1.165) is 25.9 Å². The van der Waals surface area contributed by atoms with Crippen LogP contribution in [0.3, 0.4) is 0 Å². The molecule has 4 aromatic rings. The largest absolute Gasteiger partial charge is 0.415 e. The molecule has 1 aromatic carbocycles. The summed E-state index contributed by atoms with van der Waals surface area (Å²) in [6, 6.07) is 8.40. The number of aromatic nitrogens is 5. The third kappa shape index (κ3) is 4.75. The van der Waals surface area contributed by atoms with Crippen molar-refractivity contribution in [3.63, 3.8) is 0 Å². The van der Waals surface area contributed by atoms with Crippen molar-refractivity contribution < 1.29 is 17.6 Å². The quantitative estimate of drug-likeness (QED) is 0.337. The van der Waals surface area contributed by atoms with Crippen LogP contribution in [0.15, 0.2) is 45.7 Å². The Morgan fingerprint density at radius 3 is 2.42 bits per heavy atom. The Kier molecular flexibility index (Phi) is 6.77. The Morgan fingerprint density at radius 1 is 0.947 bits per heavy atom. The second kappa shape index (κ2) is 10.4. The fraction of sp³-hybridized carbons (Fsp3) is 0.481. The van der Waals surface area contributed by atoms with Gasteiger partial charge in [-0.25, -0.2) is 9.18 Å². The maximum atomic E-state index is 14.3. The number of likely N-dealkylation sites (tertiary alicyclic amines) is 1. The highest BCUT2D eigenvalue weighted by molar-refractivity contribution is 5.76. The summed E-state index contributed by atoms with van der Waals surface area (Å²) in [5.41, 5.74) is 2.03. The van der Waals surface area contributed by atoms with Gasteiger partial charge >= 0.3 is 12.1 Å². The first kappa shape index (κ1) is 24.8. The Labute approximate surface area is 217 Å². The molecule has 38 heavy (non-hydrogen) atoms. The molecule has 2 aliphatic rings. The predicted octanol–water partition coefficient (Wildman–Crippen LogP) is 5.34. The molecule has 0 amide bonds. The third-order valence-electron chi connectivity index (χ3n) is 7.90. The van der Waals surface area contributed by atoms with E-state index in [4.69, 9.17) is 4.42 Å². The van der Waals surface area contributed by atoms with Gasteiger partial charge in [0.2, 0.25) is 5.89 Å². The first-order chi connectivity index (χ1) is 18.5. The van der Waals surface area contributed by atoms with Crippen LogP contribution in [0.4, 0.5) is 13.2 Å². The molecular formula is C27H29F3N6O2. The molecule has 0 bridgehead atoms. The van der Waals surface area contributed by atoms with E-state index in [0.29, 0.717) is 28.3 Å². The van der Waals surface area contributed by atoms with Crippen LogP contribution in [0.5, 0.6) is 0 Å². The normalized spacial score (nSPS) is 18.1. The molecule has 11 heteroatoms. The fourth-order valence-corrected chi connectivity index (χ4v) is 5.96. The van der Waals surface area contributed by atoms with E-state index in [1.807, 2.05) is 0 Å². The molecule has 1 aliphatic carbocycles. The topological polar surface area (TPSA) is 82.0 Å². The van der Waals surface area contributed by atoms with Crippen molar-refractivity contribution in [2.75, 3.05) is 13.1 Å². The Morgan fingerprint density at radius 2 is 1.74 bits per heavy atom. The van der Waals surface area contributed by atoms with Crippen molar-refractivity contribution in [2.24, 2.45) is 0 Å². The van der Waals surface area contributed by atoms with Crippen LogP contribution in [0, 0.1) is 5.82 Å². The summed E-state index contributed by atoms with van der Waals surface area (Å²) in [6.45, 7) is 2.06. The van der Waals surface area contributed by atoms with E-state index in [-0.39, 0.29) is 30.0 Å². The average Bonchev–Trinajstić information content (AvgIpc) is 3.53. The van der Waals surface area contributed by atoms with Crippen molar-refractivity contribution in [3.8, 4) is 11.5 Å². The van der Waals surface area contributed by atoms with E-state index < -0.39 is 12.3 Å². The van der Waals surface area contributed by atoms with E-state index in [2.05, 4.69) is 20.1 Å². The molecule has 200 valence electrons. The summed E-state index contributed by atoms with van der Waals surface area (Å²) in [5, 5.41) is 6.98. The molecular weight excluding hydrogens is 497 g/mol. The fourth-order valence-electron chi connectivity index (χ4n) is 5.96. The Hall–Kier alpha value is -3.47. The number of halogens is 3. The summed E-state index contributed by atoms with van der Waals surface area (Å²) >= 11 is 0. The van der Waals surface area contributed by atoms with Crippen LogP contribution >= 0.6 is 0 Å². The Balaban J connectivity index is 1.25. The number of piperidine rings is 1. The van der Waals surface area contributed by atoms with Gasteiger partial charge in [-0.2, -0.15) is 8.78 Å². The number of benzene rings is 1. The summed E-state index contributed by atoms with van der Waals surface area (Å²) in [7, 11) is 0. The van der Waals surface area contributed by atoms with E-state index in [1.165, 1.54) is 50.4 Å². The van der Waals surface area contributed by atoms with Crippen molar-refractivity contribution in [1.29, 1.82) is 0 Å². The summed E-state index contributed by atoms with van der Waals surface area (Å²) < 4.78 is 48.2. The van der Waals surface area contributed by atoms with E-state index >= 15 is 0 Å². The molecule has 6 rings (SSSR count). The molecule has 0 radical (unpaired) electrons. The van der Waals surface area contributed by atoms with Gasteiger partial charge in [-0.15, -0.1) is 10.2 Å². The minimum atomic E-state index is -2.85. The van der Waals surface area contributed by atoms with Gasteiger partial charge in [0, 0.05) is 31.4 Å². The molecule has 1 saturated carbocycles. The Bertz CT molecular complexity index is 1460. The smallest absolute Gasteiger partial charge is 0.329 e. The molecule has 0 N–H and O–H groups in total. The lowest BCUT2D eigenvalue weighted by molar-refractivity contribution is 0.109. The highest BCUT2D eigenvalue weighted by Gasteiger charge is 2.29. The lowest BCUT2D eigenvalue weighted by Gasteiger charge is -2.39. The van der Waals surface area contributed by atoms with Gasteiger partial charge in [0.1, 0.15) is 5.82 Å². The first-order valence-electron chi connectivity index (χ1n) is 13.2. The minimum absolute atomic E-state index is 0.00443. The zero-order valence-corrected chi connectivity index (χ0v) is 20.9. The molecule has 0 spiro atoms. The maximum Gasteiger partial charge on any atom is 0.329 e. The van der Waals surface area contributed by atoms with Gasteiger partial charge in [-0.05, 0) is 56.0 Å². The average molecular weight is 527 g/mol. The number of nitrogens with zero attached hydrogens (tertiary/aromatic N) is 6. The number of rotatable bonds is 6. The second-order valence-electron chi connectivity index (χ2n) is 10.2. The SMILES string of the molecule is O=c1n(Cc2ccc(-c3nnc(C(F)F)o3)cn2)c2ccc(F)cc2n1C1CCN(C2CCCCC2)CC1. The van der Waals surface area contributed by atoms with Crippen molar-refractivity contribution in [3.05, 3.63) is 64.4 Å². The number of pyridine rings is 1. The minimum Gasteiger partial charge on any atom is -0.415 e. The zero-order chi connectivity index (χ0) is 26.2. The van der Waals surface area contributed by atoms with Crippen LogP contribution in [-0.2, 0) is 6.54 Å². The van der Waals surface area contributed by atoms with Gasteiger partial charge in [0.15, 0.2) is 0 Å². The molecule has 0 unspecified atom stereocenters. The van der Waals surface area contributed by atoms with Crippen LogP contribution in [0.1, 0.15) is 69.0 Å². The molecule has 1 saturated heterocycles. The van der Waals surface area contributed by atoms with E-state index in [9.17, 15) is 18.0 Å². The van der Waals surface area contributed by atoms with Gasteiger partial charge in [-0.3, -0.25) is 14.1 Å². The molecule has 2 fully saturated rings. The number of hydrogen-bond donors (Lipinski definition) is 0. The van der Waals surface area contributed by atoms with Gasteiger partial charge in [0.05, 0.1) is 28.8 Å². The van der Waals surface area contributed by atoms with Crippen molar-refractivity contribution in [2.45, 2.75) is 70.0 Å². The van der Waals surface area contributed by atoms with Crippen LogP contribution in [0.2, 0.25) is 0 Å². The third-order valence-corrected chi connectivity index (χ3v) is 7.90. The van der Waals surface area contributed by atoms with Crippen LogP contribution in [-0.4, -0.2) is 48.3 Å². The molecule has 8 nitrogen and oxygen atoms in total. The summed E-state index contributed by atoms with van der Waals surface area (Å²) in [4.78, 5) is 20.7. The lowest BCUT2D eigenvalue weighted by atomic mass is 9.92. The molecule has 4 heterocycles.